The molecule has 71 valence electrons. The molecule has 0 aliphatic heterocycles. The molecule has 0 aliphatic carbocycles. The third kappa shape index (κ3) is 6.45. The molecule has 0 aromatic heterocycles. The number of allylic oxidation sites excluding steroid dienone is 1. The van der Waals surface area contributed by atoms with E-state index in [1.807, 2.05) is 0 Å². The Kier molecular flexibility index (Phi) is 7.23. The van der Waals surface area contributed by atoms with Crippen molar-refractivity contribution < 1.29 is 0 Å². The molecular formula is C12H23. The van der Waals surface area contributed by atoms with E-state index in [2.05, 4.69) is 27.4 Å². The monoisotopic (exact) mass is 167 g/mol. The Morgan fingerprint density at radius 3 is 2.58 bits per heavy atom. The maximum absolute atomic E-state index is 4.09. The maximum atomic E-state index is 4.09. The van der Waals surface area contributed by atoms with E-state index in [1.54, 1.807) is 0 Å². The van der Waals surface area contributed by atoms with Gasteiger partial charge in [-0.25, -0.2) is 0 Å². The van der Waals surface area contributed by atoms with Gasteiger partial charge in [-0.3, -0.25) is 0 Å². The Balaban J connectivity index is 3.40. The van der Waals surface area contributed by atoms with Gasteiger partial charge in [-0.05, 0) is 25.2 Å². The summed E-state index contributed by atoms with van der Waals surface area (Å²) in [7, 11) is 0. The van der Waals surface area contributed by atoms with Crippen LogP contribution in [0.5, 0.6) is 0 Å². The smallest absolute Gasteiger partial charge is 0.0297 e. The summed E-state index contributed by atoms with van der Waals surface area (Å²) in [6.45, 7) is 12.5. The highest BCUT2D eigenvalue weighted by atomic mass is 14.1. The van der Waals surface area contributed by atoms with Gasteiger partial charge in [0, 0.05) is 0 Å². The first-order valence-electron chi connectivity index (χ1n) is 5.16. The fourth-order valence-electron chi connectivity index (χ4n) is 1.56. The van der Waals surface area contributed by atoms with Gasteiger partial charge in [0.15, 0.2) is 0 Å². The predicted octanol–water partition coefficient (Wildman–Crippen LogP) is 4.37. The zero-order valence-corrected chi connectivity index (χ0v) is 8.73. The van der Waals surface area contributed by atoms with Crippen LogP contribution in [-0.2, 0) is 0 Å². The maximum Gasteiger partial charge on any atom is -0.0297 e. The highest BCUT2D eigenvalue weighted by Crippen LogP contribution is 2.18. The third-order valence-electron chi connectivity index (χ3n) is 2.20. The van der Waals surface area contributed by atoms with E-state index >= 15 is 0 Å². The highest BCUT2D eigenvalue weighted by molar-refractivity contribution is 4.94. The van der Waals surface area contributed by atoms with E-state index in [9.17, 15) is 0 Å². The fourth-order valence-corrected chi connectivity index (χ4v) is 1.56. The second-order valence-corrected chi connectivity index (χ2v) is 3.81. The van der Waals surface area contributed by atoms with E-state index in [1.165, 1.54) is 37.7 Å². The molecule has 0 rings (SSSR count). The van der Waals surface area contributed by atoms with Crippen LogP contribution in [-0.4, -0.2) is 0 Å². The van der Waals surface area contributed by atoms with Gasteiger partial charge in [0.1, 0.15) is 0 Å². The molecule has 0 heterocycles. The molecule has 0 aromatic carbocycles. The van der Waals surface area contributed by atoms with Crippen LogP contribution < -0.4 is 0 Å². The van der Waals surface area contributed by atoms with Crippen molar-refractivity contribution in [1.29, 1.82) is 0 Å². The molecule has 0 saturated heterocycles. The van der Waals surface area contributed by atoms with Crippen LogP contribution in [0, 0.1) is 12.8 Å². The van der Waals surface area contributed by atoms with Crippen molar-refractivity contribution in [2.75, 3.05) is 0 Å². The molecule has 0 N–H and O–H groups in total. The number of unbranched alkanes of at least 4 members (excludes halogenated alkanes) is 1. The second-order valence-electron chi connectivity index (χ2n) is 3.81. The predicted molar refractivity (Wildman–Crippen MR) is 57.0 cm³/mol. The molecule has 0 saturated carbocycles. The molecule has 0 amide bonds. The molecule has 0 spiro atoms. The minimum absolute atomic E-state index is 0.826. The van der Waals surface area contributed by atoms with Crippen LogP contribution in [0.25, 0.3) is 0 Å². The molecule has 1 unspecified atom stereocenters. The number of hydrogen-bond acceptors (Lipinski definition) is 0. The van der Waals surface area contributed by atoms with Gasteiger partial charge >= 0.3 is 0 Å². The van der Waals surface area contributed by atoms with Gasteiger partial charge in [0.2, 0.25) is 0 Å². The summed E-state index contributed by atoms with van der Waals surface area (Å²) in [5.41, 5.74) is 1.42. The van der Waals surface area contributed by atoms with Gasteiger partial charge in [0.25, 0.3) is 0 Å². The molecule has 1 atom stereocenters. The summed E-state index contributed by atoms with van der Waals surface area (Å²) >= 11 is 0. The number of rotatable bonds is 7. The molecule has 1 radical (unpaired) electrons. The largest absolute Gasteiger partial charge is 0.0999 e. The summed E-state index contributed by atoms with van der Waals surface area (Å²) < 4.78 is 0. The molecule has 0 fully saturated rings. The first-order chi connectivity index (χ1) is 5.70. The molecule has 0 nitrogen and oxygen atoms in total. The Hall–Kier alpha value is -0.260. The van der Waals surface area contributed by atoms with Crippen molar-refractivity contribution >= 4 is 0 Å². The Bertz CT molecular complexity index is 113. The molecule has 0 aromatic rings. The lowest BCUT2D eigenvalue weighted by atomic mass is 9.95. The van der Waals surface area contributed by atoms with E-state index in [0.29, 0.717) is 0 Å². The van der Waals surface area contributed by atoms with Crippen LogP contribution in [0.1, 0.15) is 52.4 Å². The number of hydrogen-bond donors (Lipinski definition) is 0. The van der Waals surface area contributed by atoms with Crippen LogP contribution in [0.3, 0.4) is 0 Å². The topological polar surface area (TPSA) is 0 Å². The Labute approximate surface area is 78.1 Å². The van der Waals surface area contributed by atoms with Crippen molar-refractivity contribution in [3.63, 3.8) is 0 Å². The Morgan fingerprint density at radius 1 is 1.42 bits per heavy atom. The van der Waals surface area contributed by atoms with Crippen molar-refractivity contribution in [1.82, 2.24) is 0 Å². The molecule has 0 bridgehead atoms. The first-order valence-corrected chi connectivity index (χ1v) is 5.16. The van der Waals surface area contributed by atoms with Gasteiger partial charge < -0.3 is 0 Å². The molecule has 12 heavy (non-hydrogen) atoms. The lowest BCUT2D eigenvalue weighted by Crippen LogP contribution is -1.95. The molecule has 0 heteroatoms. The van der Waals surface area contributed by atoms with Crippen LogP contribution in [0.4, 0.5) is 0 Å². The summed E-state index contributed by atoms with van der Waals surface area (Å²) in [6, 6.07) is 0. The minimum Gasteiger partial charge on any atom is -0.0999 e. The quantitative estimate of drug-likeness (QED) is 0.494. The van der Waals surface area contributed by atoms with Gasteiger partial charge in [-0.15, -0.1) is 0 Å². The van der Waals surface area contributed by atoms with E-state index in [-0.39, 0.29) is 0 Å². The van der Waals surface area contributed by atoms with Crippen LogP contribution >= 0.6 is 0 Å². The average molecular weight is 167 g/mol. The van der Waals surface area contributed by atoms with E-state index < -0.39 is 0 Å². The molecular weight excluding hydrogens is 144 g/mol. The Morgan fingerprint density at radius 2 is 2.08 bits per heavy atom. The lowest BCUT2D eigenvalue weighted by molar-refractivity contribution is 0.511. The van der Waals surface area contributed by atoms with Crippen LogP contribution in [0.2, 0.25) is 0 Å². The zero-order chi connectivity index (χ0) is 9.40. The zero-order valence-electron chi connectivity index (χ0n) is 8.73. The second kappa shape index (κ2) is 7.39. The summed E-state index contributed by atoms with van der Waals surface area (Å²) in [4.78, 5) is 0. The molecule has 0 aliphatic rings. The third-order valence-corrected chi connectivity index (χ3v) is 2.20. The lowest BCUT2D eigenvalue weighted by Gasteiger charge is -2.11. The van der Waals surface area contributed by atoms with Crippen molar-refractivity contribution in [2.24, 2.45) is 5.92 Å². The summed E-state index contributed by atoms with van der Waals surface area (Å²) in [5.74, 6) is 0.826. The van der Waals surface area contributed by atoms with Gasteiger partial charge in [0.05, 0.1) is 0 Å². The summed E-state index contributed by atoms with van der Waals surface area (Å²) in [5, 5.41) is 0. The van der Waals surface area contributed by atoms with Crippen molar-refractivity contribution in [2.45, 2.75) is 52.4 Å². The van der Waals surface area contributed by atoms with Crippen molar-refractivity contribution in [3.8, 4) is 0 Å². The minimum atomic E-state index is 0.826. The van der Waals surface area contributed by atoms with Crippen molar-refractivity contribution in [3.05, 3.63) is 19.1 Å². The fraction of sp³-hybridized carbons (Fsp3) is 0.750. The SMILES string of the molecule is [CH2]CCCC(=C)CC(C)CCC. The van der Waals surface area contributed by atoms with Gasteiger partial charge in [-0.1, -0.05) is 52.2 Å². The van der Waals surface area contributed by atoms with E-state index in [0.717, 1.165) is 12.3 Å². The summed E-state index contributed by atoms with van der Waals surface area (Å²) in [6.07, 6.45) is 7.28. The standard InChI is InChI=1S/C12H23/c1-5-7-9-12(4)10-11(3)8-6-2/h11H,1,4-10H2,2-3H3. The van der Waals surface area contributed by atoms with Gasteiger partial charge in [-0.2, -0.15) is 0 Å². The van der Waals surface area contributed by atoms with Crippen LogP contribution in [0.15, 0.2) is 12.2 Å². The normalized spacial score (nSPS) is 12.9. The highest BCUT2D eigenvalue weighted by Gasteiger charge is 2.02. The first kappa shape index (κ1) is 11.7. The van der Waals surface area contributed by atoms with E-state index in [4.69, 9.17) is 0 Å². The average Bonchev–Trinajstić information content (AvgIpc) is 2.01.